The van der Waals surface area contributed by atoms with E-state index in [1.807, 2.05) is 47.4 Å². The number of piperidine rings is 1. The zero-order valence-electron chi connectivity index (χ0n) is 16.3. The van der Waals surface area contributed by atoms with Crippen molar-refractivity contribution in [1.29, 1.82) is 0 Å². The molecule has 5 nitrogen and oxygen atoms in total. The highest BCUT2D eigenvalue weighted by Gasteiger charge is 2.26. The van der Waals surface area contributed by atoms with Crippen molar-refractivity contribution in [2.24, 2.45) is 5.92 Å². The van der Waals surface area contributed by atoms with E-state index in [1.165, 1.54) is 12.8 Å². The average Bonchev–Trinajstić information content (AvgIpc) is 3.56. The van der Waals surface area contributed by atoms with Gasteiger partial charge in [-0.05, 0) is 54.5 Å². The highest BCUT2D eigenvalue weighted by Crippen LogP contribution is 2.28. The molecule has 148 valence electrons. The number of likely N-dealkylation sites (tertiary alicyclic amines) is 1. The Morgan fingerprint density at radius 1 is 0.964 bits per heavy atom. The zero-order chi connectivity index (χ0) is 19.3. The molecule has 0 bridgehead atoms. The molecule has 0 atom stereocenters. The molecule has 2 N–H and O–H groups in total. The van der Waals surface area contributed by atoms with Gasteiger partial charge in [-0.1, -0.05) is 42.5 Å². The van der Waals surface area contributed by atoms with Crippen LogP contribution in [0, 0.1) is 5.92 Å². The van der Waals surface area contributed by atoms with E-state index >= 15 is 0 Å². The summed E-state index contributed by atoms with van der Waals surface area (Å²) >= 11 is 0. The number of hydrogen-bond donors (Lipinski definition) is 2. The Balaban J connectivity index is 1.21. The van der Waals surface area contributed by atoms with Gasteiger partial charge < -0.3 is 15.5 Å². The molecule has 2 aromatic rings. The Bertz CT molecular complexity index is 833. The molecular weight excluding hydrogens is 350 g/mol. The SMILES string of the molecule is O=C(Cc1cccc2ccccc12)NCC(=O)N1CCC(NCC2CC2)CC1. The monoisotopic (exact) mass is 379 g/mol. The van der Waals surface area contributed by atoms with Gasteiger partial charge in [0, 0.05) is 19.1 Å². The van der Waals surface area contributed by atoms with E-state index in [2.05, 4.69) is 10.6 Å². The smallest absolute Gasteiger partial charge is 0.241 e. The van der Waals surface area contributed by atoms with Crippen LogP contribution in [-0.2, 0) is 16.0 Å². The highest BCUT2D eigenvalue weighted by molar-refractivity contribution is 5.91. The Hall–Kier alpha value is -2.40. The summed E-state index contributed by atoms with van der Waals surface area (Å²) in [6, 6.07) is 14.6. The predicted octanol–water partition coefficient (Wildman–Crippen LogP) is 2.49. The third kappa shape index (κ3) is 4.90. The van der Waals surface area contributed by atoms with Crippen molar-refractivity contribution in [3.05, 3.63) is 48.0 Å². The van der Waals surface area contributed by atoms with Crippen molar-refractivity contribution in [3.63, 3.8) is 0 Å². The molecule has 0 radical (unpaired) electrons. The molecule has 0 unspecified atom stereocenters. The molecule has 28 heavy (non-hydrogen) atoms. The first-order valence-electron chi connectivity index (χ1n) is 10.4. The standard InChI is InChI=1S/C23H29N3O2/c27-22(14-19-6-3-5-18-4-1-2-7-21(18)19)25-16-23(28)26-12-10-20(11-13-26)24-15-17-8-9-17/h1-7,17,20,24H,8-16H2,(H,25,27). The summed E-state index contributed by atoms with van der Waals surface area (Å²) in [6.45, 7) is 2.77. The summed E-state index contributed by atoms with van der Waals surface area (Å²) in [4.78, 5) is 26.7. The van der Waals surface area contributed by atoms with E-state index in [0.717, 1.165) is 54.7 Å². The van der Waals surface area contributed by atoms with Crippen LogP contribution < -0.4 is 10.6 Å². The second-order valence-corrected chi connectivity index (χ2v) is 8.10. The van der Waals surface area contributed by atoms with Crippen LogP contribution in [0.4, 0.5) is 0 Å². The van der Waals surface area contributed by atoms with Crippen molar-refractivity contribution in [1.82, 2.24) is 15.5 Å². The van der Waals surface area contributed by atoms with Gasteiger partial charge in [-0.25, -0.2) is 0 Å². The molecule has 1 saturated heterocycles. The van der Waals surface area contributed by atoms with Gasteiger partial charge in [0.1, 0.15) is 0 Å². The fraction of sp³-hybridized carbons (Fsp3) is 0.478. The van der Waals surface area contributed by atoms with E-state index < -0.39 is 0 Å². The molecule has 5 heteroatoms. The Morgan fingerprint density at radius 3 is 2.50 bits per heavy atom. The molecule has 2 aromatic carbocycles. The van der Waals surface area contributed by atoms with Gasteiger partial charge in [-0.3, -0.25) is 9.59 Å². The summed E-state index contributed by atoms with van der Waals surface area (Å²) in [5.41, 5.74) is 0.991. The van der Waals surface area contributed by atoms with Gasteiger partial charge in [-0.15, -0.1) is 0 Å². The van der Waals surface area contributed by atoms with Crippen LogP contribution in [0.1, 0.15) is 31.2 Å². The van der Waals surface area contributed by atoms with E-state index in [0.29, 0.717) is 12.5 Å². The van der Waals surface area contributed by atoms with Crippen LogP contribution in [0.3, 0.4) is 0 Å². The first-order valence-corrected chi connectivity index (χ1v) is 10.4. The fourth-order valence-corrected chi connectivity index (χ4v) is 3.96. The minimum atomic E-state index is -0.106. The topological polar surface area (TPSA) is 61.4 Å². The van der Waals surface area contributed by atoms with Gasteiger partial charge in [0.05, 0.1) is 13.0 Å². The molecule has 2 aliphatic rings. The van der Waals surface area contributed by atoms with Gasteiger partial charge >= 0.3 is 0 Å². The van der Waals surface area contributed by atoms with Crippen molar-refractivity contribution in [3.8, 4) is 0 Å². The number of hydrogen-bond acceptors (Lipinski definition) is 3. The van der Waals surface area contributed by atoms with Crippen LogP contribution in [0.25, 0.3) is 10.8 Å². The lowest BCUT2D eigenvalue weighted by molar-refractivity contribution is -0.133. The molecule has 0 aromatic heterocycles. The third-order valence-corrected chi connectivity index (χ3v) is 5.91. The Labute approximate surface area is 166 Å². The van der Waals surface area contributed by atoms with Gasteiger partial charge in [-0.2, -0.15) is 0 Å². The van der Waals surface area contributed by atoms with Gasteiger partial charge in [0.15, 0.2) is 0 Å². The van der Waals surface area contributed by atoms with E-state index in [1.54, 1.807) is 0 Å². The second kappa shape index (κ2) is 8.74. The van der Waals surface area contributed by atoms with Crippen molar-refractivity contribution in [2.75, 3.05) is 26.2 Å². The molecular formula is C23H29N3O2. The largest absolute Gasteiger partial charge is 0.347 e. The number of fused-ring (bicyclic) bond motifs is 1. The molecule has 1 saturated carbocycles. The van der Waals surface area contributed by atoms with Crippen LogP contribution in [0.5, 0.6) is 0 Å². The number of rotatable bonds is 7. The Kier molecular flexibility index (Phi) is 5.91. The molecule has 1 aliphatic carbocycles. The van der Waals surface area contributed by atoms with E-state index in [4.69, 9.17) is 0 Å². The van der Waals surface area contributed by atoms with Gasteiger partial charge in [0.2, 0.25) is 11.8 Å². The number of benzene rings is 2. The van der Waals surface area contributed by atoms with Crippen LogP contribution in [0.15, 0.2) is 42.5 Å². The molecule has 1 heterocycles. The lowest BCUT2D eigenvalue weighted by Crippen LogP contribution is -2.48. The zero-order valence-corrected chi connectivity index (χ0v) is 16.3. The minimum absolute atomic E-state index is 0.0203. The number of amides is 2. The number of nitrogens with one attached hydrogen (secondary N) is 2. The fourth-order valence-electron chi connectivity index (χ4n) is 3.96. The Morgan fingerprint density at radius 2 is 1.71 bits per heavy atom. The van der Waals surface area contributed by atoms with E-state index in [-0.39, 0.29) is 18.4 Å². The third-order valence-electron chi connectivity index (χ3n) is 5.91. The highest BCUT2D eigenvalue weighted by atomic mass is 16.2. The van der Waals surface area contributed by atoms with E-state index in [9.17, 15) is 9.59 Å². The normalized spacial score (nSPS) is 17.6. The molecule has 0 spiro atoms. The molecule has 4 rings (SSSR count). The van der Waals surface area contributed by atoms with Gasteiger partial charge in [0.25, 0.3) is 0 Å². The minimum Gasteiger partial charge on any atom is -0.347 e. The number of nitrogens with zero attached hydrogens (tertiary/aromatic N) is 1. The summed E-state index contributed by atoms with van der Waals surface area (Å²) in [5, 5.41) is 8.65. The maximum atomic E-state index is 12.4. The lowest BCUT2D eigenvalue weighted by atomic mass is 10.0. The van der Waals surface area contributed by atoms with Crippen molar-refractivity contribution in [2.45, 2.75) is 38.1 Å². The maximum absolute atomic E-state index is 12.4. The number of carbonyl (C=O) groups is 2. The summed E-state index contributed by atoms with van der Waals surface area (Å²) in [5.74, 6) is 0.800. The van der Waals surface area contributed by atoms with Crippen molar-refractivity contribution >= 4 is 22.6 Å². The lowest BCUT2D eigenvalue weighted by Gasteiger charge is -2.32. The van der Waals surface area contributed by atoms with Crippen LogP contribution >= 0.6 is 0 Å². The molecule has 2 fully saturated rings. The quantitative estimate of drug-likeness (QED) is 0.777. The summed E-state index contributed by atoms with van der Waals surface area (Å²) in [7, 11) is 0. The van der Waals surface area contributed by atoms with Crippen LogP contribution in [-0.4, -0.2) is 48.9 Å². The molecule has 1 aliphatic heterocycles. The predicted molar refractivity (Wildman–Crippen MR) is 111 cm³/mol. The molecule has 2 amide bonds. The summed E-state index contributed by atoms with van der Waals surface area (Å²) in [6.07, 6.45) is 5.03. The second-order valence-electron chi connectivity index (χ2n) is 8.10. The maximum Gasteiger partial charge on any atom is 0.241 e. The first kappa shape index (κ1) is 18.9. The average molecular weight is 380 g/mol. The number of carbonyl (C=O) groups excluding carboxylic acids is 2. The summed E-state index contributed by atoms with van der Waals surface area (Å²) < 4.78 is 0. The van der Waals surface area contributed by atoms with Crippen molar-refractivity contribution < 1.29 is 9.59 Å². The first-order chi connectivity index (χ1) is 13.7. The van der Waals surface area contributed by atoms with Crippen LogP contribution in [0.2, 0.25) is 0 Å².